The van der Waals surface area contributed by atoms with Gasteiger partial charge in [-0.3, -0.25) is 0 Å². The van der Waals surface area contributed by atoms with Gasteiger partial charge in [0.2, 0.25) is 0 Å². The van der Waals surface area contributed by atoms with E-state index in [2.05, 4.69) is 9.43 Å². The van der Waals surface area contributed by atoms with Crippen LogP contribution >= 0.6 is 0 Å². The van der Waals surface area contributed by atoms with E-state index in [-0.39, 0.29) is 0 Å². The van der Waals surface area contributed by atoms with Crippen molar-refractivity contribution in [2.24, 2.45) is 4.52 Å². The molecule has 1 heterocycles. The summed E-state index contributed by atoms with van der Waals surface area (Å²) in [5, 5.41) is 0. The third-order valence-electron chi connectivity index (χ3n) is 1.53. The number of nitrogens with zero attached hydrogens (tertiary/aromatic N) is 4. The third-order valence-corrected chi connectivity index (χ3v) is 2.83. The topological polar surface area (TPSA) is 86.1 Å². The summed E-state index contributed by atoms with van der Waals surface area (Å²) < 4.78 is 25.8. The number of hydrogen-bond donors (Lipinski definition) is 0. The van der Waals surface area contributed by atoms with Gasteiger partial charge < -0.3 is 0 Å². The number of rotatable bonds is 2. The average molecular weight is 176 g/mol. The summed E-state index contributed by atoms with van der Waals surface area (Å²) in [5.74, 6) is 0. The molecule has 0 aromatic heterocycles. The van der Waals surface area contributed by atoms with Crippen molar-refractivity contribution in [3.63, 3.8) is 0 Å². The first-order chi connectivity index (χ1) is 5.17. The molecule has 0 unspecified atom stereocenters. The van der Waals surface area contributed by atoms with Crippen LogP contribution in [0.25, 0.3) is 10.4 Å². The molecule has 1 aliphatic rings. The zero-order valence-electron chi connectivity index (χ0n) is 5.84. The molecule has 0 atom stereocenters. The highest BCUT2D eigenvalue weighted by Gasteiger charge is 2.23. The van der Waals surface area contributed by atoms with E-state index in [1.807, 2.05) is 0 Å². The Bertz CT molecular complexity index is 272. The highest BCUT2D eigenvalue weighted by Crippen LogP contribution is 2.13. The maximum atomic E-state index is 10.9. The van der Waals surface area contributed by atoms with Gasteiger partial charge in [-0.25, -0.2) is 8.42 Å². The molecule has 0 saturated carbocycles. The molecule has 1 aliphatic heterocycles. The molecule has 0 bridgehead atoms. The van der Waals surface area contributed by atoms with Gasteiger partial charge in [-0.1, -0.05) is 0 Å². The van der Waals surface area contributed by atoms with Crippen LogP contribution in [0.1, 0.15) is 12.8 Å². The Hall–Kier alpha value is -0.780. The number of hydrogen-bond acceptors (Lipinski definition) is 2. The second-order valence-corrected chi connectivity index (χ2v) is 3.83. The van der Waals surface area contributed by atoms with Gasteiger partial charge in [0.25, 0.3) is 0 Å². The van der Waals surface area contributed by atoms with Gasteiger partial charge in [0.15, 0.2) is 0 Å². The third kappa shape index (κ3) is 1.83. The minimum atomic E-state index is -3.67. The predicted octanol–water partition coefficient (Wildman–Crippen LogP) is 0.637. The monoisotopic (exact) mass is 176 g/mol. The zero-order chi connectivity index (χ0) is 8.32. The normalized spacial score (nSPS) is 19.6. The van der Waals surface area contributed by atoms with Gasteiger partial charge >= 0.3 is 10.2 Å². The van der Waals surface area contributed by atoms with Crippen molar-refractivity contribution in [3.05, 3.63) is 10.4 Å². The van der Waals surface area contributed by atoms with Crippen molar-refractivity contribution in [1.82, 2.24) is 4.31 Å². The summed E-state index contributed by atoms with van der Waals surface area (Å²) in [6.07, 6.45) is 1.69. The molecule has 0 N–H and O–H groups in total. The fourth-order valence-corrected chi connectivity index (χ4v) is 1.93. The summed E-state index contributed by atoms with van der Waals surface area (Å²) >= 11 is 0. The van der Waals surface area contributed by atoms with E-state index < -0.39 is 10.2 Å². The second kappa shape index (κ2) is 3.08. The Morgan fingerprint density at radius 2 is 1.91 bits per heavy atom. The van der Waals surface area contributed by atoms with Crippen LogP contribution in [-0.2, 0) is 10.2 Å². The summed E-state index contributed by atoms with van der Waals surface area (Å²) in [6.45, 7) is 0.947. The summed E-state index contributed by atoms with van der Waals surface area (Å²) in [4.78, 5) is 2.25. The minimum Gasteiger partial charge on any atom is -0.204 e. The standard InChI is InChI=1S/C4H8N4O2S/c5-6-7-11(9,10)8-3-1-2-4-8/h1-4H2. The molecule has 0 radical (unpaired) electrons. The SMILES string of the molecule is [N-]=[N+]=NS(=O)(=O)N1CCCC1. The lowest BCUT2D eigenvalue weighted by Gasteiger charge is -2.08. The van der Waals surface area contributed by atoms with Crippen LogP contribution in [0.15, 0.2) is 4.52 Å². The van der Waals surface area contributed by atoms with Crippen molar-refractivity contribution >= 4 is 10.2 Å². The molecule has 1 saturated heterocycles. The Morgan fingerprint density at radius 3 is 2.36 bits per heavy atom. The minimum absolute atomic E-state index is 0.474. The van der Waals surface area contributed by atoms with Crippen LogP contribution in [0.2, 0.25) is 0 Å². The van der Waals surface area contributed by atoms with E-state index in [0.29, 0.717) is 13.1 Å². The van der Waals surface area contributed by atoms with Crippen LogP contribution in [-0.4, -0.2) is 25.8 Å². The molecule has 1 rings (SSSR count). The Balaban J connectivity index is 2.79. The highest BCUT2D eigenvalue weighted by atomic mass is 32.2. The molecule has 0 aromatic rings. The van der Waals surface area contributed by atoms with Crippen molar-refractivity contribution in [2.45, 2.75) is 12.8 Å². The first-order valence-corrected chi connectivity index (χ1v) is 4.63. The molecule has 62 valence electrons. The van der Waals surface area contributed by atoms with Crippen molar-refractivity contribution in [1.29, 1.82) is 0 Å². The molecule has 1 fully saturated rings. The molecule has 11 heavy (non-hydrogen) atoms. The molecule has 0 aliphatic carbocycles. The quantitative estimate of drug-likeness (QED) is 0.351. The Kier molecular flexibility index (Phi) is 2.33. The van der Waals surface area contributed by atoms with Gasteiger partial charge in [0, 0.05) is 22.5 Å². The van der Waals surface area contributed by atoms with Crippen molar-refractivity contribution in [3.8, 4) is 0 Å². The fraction of sp³-hybridized carbons (Fsp3) is 1.00. The lowest BCUT2D eigenvalue weighted by Crippen LogP contribution is -2.25. The van der Waals surface area contributed by atoms with E-state index in [9.17, 15) is 8.42 Å². The lowest BCUT2D eigenvalue weighted by molar-refractivity contribution is 0.478. The van der Waals surface area contributed by atoms with E-state index in [1.165, 1.54) is 4.31 Å². The Labute approximate surface area is 64.6 Å². The predicted molar refractivity (Wildman–Crippen MR) is 38.9 cm³/mol. The van der Waals surface area contributed by atoms with Crippen LogP contribution in [0.5, 0.6) is 0 Å². The number of azide groups is 1. The fourth-order valence-electron chi connectivity index (χ4n) is 1.02. The van der Waals surface area contributed by atoms with Crippen LogP contribution in [0.3, 0.4) is 0 Å². The van der Waals surface area contributed by atoms with Gasteiger partial charge in [-0.05, 0) is 18.4 Å². The van der Waals surface area contributed by atoms with E-state index in [0.717, 1.165) is 12.8 Å². The molecule has 6 nitrogen and oxygen atoms in total. The van der Waals surface area contributed by atoms with Crippen LogP contribution in [0.4, 0.5) is 0 Å². The maximum absolute atomic E-state index is 10.9. The molecular weight excluding hydrogens is 168 g/mol. The summed E-state index contributed by atoms with van der Waals surface area (Å²) in [6, 6.07) is 0. The van der Waals surface area contributed by atoms with Crippen LogP contribution in [0, 0.1) is 0 Å². The van der Waals surface area contributed by atoms with E-state index in [1.54, 1.807) is 0 Å². The molecule has 7 heteroatoms. The summed E-state index contributed by atoms with van der Waals surface area (Å²) in [7, 11) is -3.67. The van der Waals surface area contributed by atoms with Gasteiger partial charge in [0.1, 0.15) is 0 Å². The first-order valence-electron chi connectivity index (χ1n) is 3.23. The smallest absolute Gasteiger partial charge is 0.204 e. The lowest BCUT2D eigenvalue weighted by atomic mass is 10.4. The maximum Gasteiger partial charge on any atom is 0.302 e. The molecule has 0 spiro atoms. The zero-order valence-corrected chi connectivity index (χ0v) is 6.66. The summed E-state index contributed by atoms with van der Waals surface area (Å²) in [5.41, 5.74) is 7.91. The van der Waals surface area contributed by atoms with Crippen molar-refractivity contribution < 1.29 is 8.42 Å². The molecular formula is C4H8N4O2S. The average Bonchev–Trinajstić information content (AvgIpc) is 2.37. The van der Waals surface area contributed by atoms with Gasteiger partial charge in [-0.2, -0.15) is 4.31 Å². The van der Waals surface area contributed by atoms with Gasteiger partial charge in [-0.15, -0.1) is 0 Å². The van der Waals surface area contributed by atoms with Gasteiger partial charge in [0.05, 0.1) is 0 Å². The molecule has 0 aromatic carbocycles. The van der Waals surface area contributed by atoms with Crippen molar-refractivity contribution in [2.75, 3.05) is 13.1 Å². The largest absolute Gasteiger partial charge is 0.302 e. The second-order valence-electron chi connectivity index (χ2n) is 2.26. The van der Waals surface area contributed by atoms with Crippen LogP contribution < -0.4 is 0 Å². The highest BCUT2D eigenvalue weighted by molar-refractivity contribution is 7.87. The first kappa shape index (κ1) is 8.32. The van der Waals surface area contributed by atoms with E-state index >= 15 is 0 Å². The molecule has 0 amide bonds. The Morgan fingerprint density at radius 1 is 1.36 bits per heavy atom. The van der Waals surface area contributed by atoms with E-state index in [4.69, 9.17) is 5.53 Å².